The van der Waals surface area contributed by atoms with E-state index in [9.17, 15) is 14.4 Å². The van der Waals surface area contributed by atoms with Crippen LogP contribution in [0.4, 0.5) is 0 Å². The number of aryl methyl sites for hydroxylation is 2. The van der Waals surface area contributed by atoms with Gasteiger partial charge in [-0.05, 0) is 115 Å². The van der Waals surface area contributed by atoms with E-state index in [1.807, 2.05) is 17.2 Å². The number of halogens is 3. The van der Waals surface area contributed by atoms with Crippen molar-refractivity contribution in [3.8, 4) is 0 Å². The number of carbonyl (C=O) groups is 3. The van der Waals surface area contributed by atoms with Crippen molar-refractivity contribution in [1.29, 1.82) is 0 Å². The summed E-state index contributed by atoms with van der Waals surface area (Å²) in [6.45, 7) is 4.51. The number of likely N-dealkylation sites (tertiary alicyclic amines) is 2. The summed E-state index contributed by atoms with van der Waals surface area (Å²) in [5.74, 6) is 1.38. The molecule has 2 aromatic rings. The van der Waals surface area contributed by atoms with Gasteiger partial charge in [-0.2, -0.15) is 0 Å². The number of hydrogen-bond acceptors (Lipinski definition) is 4. The van der Waals surface area contributed by atoms with E-state index in [0.29, 0.717) is 50.6 Å². The molecule has 2 fully saturated rings. The Hall–Kier alpha value is -1.77. The van der Waals surface area contributed by atoms with Crippen LogP contribution in [0.1, 0.15) is 86.6 Å². The molecule has 0 N–H and O–H groups in total. The Bertz CT molecular complexity index is 1300. The molecule has 1 aromatic carbocycles. The second-order valence-corrected chi connectivity index (χ2v) is 14.1. The predicted octanol–water partition coefficient (Wildman–Crippen LogP) is 7.12. The Kier molecular flexibility index (Phi) is 10.2. The molecule has 0 unspecified atom stereocenters. The molecule has 9 heteroatoms. The number of nitrogens with zero attached hydrogens (tertiary/aromatic N) is 3. The van der Waals surface area contributed by atoms with Crippen molar-refractivity contribution in [3.05, 3.63) is 60.7 Å². The normalized spacial score (nSPS) is 19.9. The van der Waals surface area contributed by atoms with Crippen LogP contribution in [0.15, 0.2) is 33.3 Å². The van der Waals surface area contributed by atoms with Crippen molar-refractivity contribution < 1.29 is 14.4 Å². The molecular formula is C32H38Br2ClN3O3. The number of Topliss-reactive ketones (excluding diaryl/α,β-unsaturated/α-hetero) is 1. The Morgan fingerprint density at radius 2 is 1.56 bits per heavy atom. The highest BCUT2D eigenvalue weighted by atomic mass is 79.9. The smallest absolute Gasteiger partial charge is 0.222 e. The lowest BCUT2D eigenvalue weighted by Gasteiger charge is -2.38. The van der Waals surface area contributed by atoms with Crippen molar-refractivity contribution in [3.63, 3.8) is 0 Å². The monoisotopic (exact) mass is 705 g/mol. The molecule has 1 aliphatic carbocycles. The van der Waals surface area contributed by atoms with Crippen LogP contribution in [0.25, 0.3) is 0 Å². The van der Waals surface area contributed by atoms with Crippen LogP contribution in [-0.4, -0.2) is 58.6 Å². The standard InChI is InChI=1S/C32H38Br2ClN3O3/c1-20(39)3-2-4-28(40)37-11-7-21(8-12-37)15-29(41)38-13-9-22(10-14-38)31-30-23(17-26(35)18-27(30)34)5-6-24-16-25(33)19-36-32(24)31/h16-19,21-22,31H,2-15H2,1H3/t31-/m1/s1. The summed E-state index contributed by atoms with van der Waals surface area (Å²) >= 11 is 13.9. The van der Waals surface area contributed by atoms with Crippen molar-refractivity contribution in [2.24, 2.45) is 11.8 Å². The quantitative estimate of drug-likeness (QED) is 0.308. The third-order valence-electron chi connectivity index (χ3n) is 9.13. The van der Waals surface area contributed by atoms with Crippen LogP contribution in [0, 0.1) is 11.8 Å². The van der Waals surface area contributed by atoms with E-state index in [1.54, 1.807) is 6.92 Å². The summed E-state index contributed by atoms with van der Waals surface area (Å²) in [4.78, 5) is 45.9. The SMILES string of the molecule is CC(=O)CCCC(=O)N1CCC(CC(=O)N2CCC([C@H]3c4ncc(Br)cc4CCc4cc(Cl)cc(Br)c43)CC2)CC1. The third-order valence-corrected chi connectivity index (χ3v) is 10.4. The van der Waals surface area contributed by atoms with Gasteiger partial charge < -0.3 is 14.6 Å². The van der Waals surface area contributed by atoms with E-state index in [1.165, 1.54) is 16.7 Å². The molecule has 6 nitrogen and oxygen atoms in total. The zero-order valence-corrected chi connectivity index (χ0v) is 27.6. The van der Waals surface area contributed by atoms with Gasteiger partial charge in [-0.25, -0.2) is 0 Å². The minimum absolute atomic E-state index is 0.130. The first-order valence-electron chi connectivity index (χ1n) is 14.9. The van der Waals surface area contributed by atoms with E-state index in [2.05, 4.69) is 48.9 Å². The molecule has 0 spiro atoms. The van der Waals surface area contributed by atoms with Gasteiger partial charge >= 0.3 is 0 Å². The van der Waals surface area contributed by atoms with Crippen molar-refractivity contribution in [2.45, 2.75) is 77.0 Å². The van der Waals surface area contributed by atoms with E-state index in [4.69, 9.17) is 16.6 Å². The van der Waals surface area contributed by atoms with Crippen molar-refractivity contribution in [2.75, 3.05) is 26.2 Å². The summed E-state index contributed by atoms with van der Waals surface area (Å²) in [6, 6.07) is 6.32. The molecule has 2 amide bonds. The summed E-state index contributed by atoms with van der Waals surface area (Å²) < 4.78 is 2.05. The van der Waals surface area contributed by atoms with E-state index in [-0.39, 0.29) is 23.5 Å². The summed E-state index contributed by atoms with van der Waals surface area (Å²) in [5, 5.41) is 0.748. The average molecular weight is 708 g/mol. The molecule has 5 rings (SSSR count). The zero-order chi connectivity index (χ0) is 29.1. The lowest BCUT2D eigenvalue weighted by Crippen LogP contribution is -2.43. The van der Waals surface area contributed by atoms with Gasteiger partial charge in [0.1, 0.15) is 5.78 Å². The number of fused-ring (bicyclic) bond motifs is 2. The van der Waals surface area contributed by atoms with Crippen LogP contribution in [-0.2, 0) is 27.2 Å². The number of ketones is 1. The van der Waals surface area contributed by atoms with Crippen LogP contribution in [0.3, 0.4) is 0 Å². The van der Waals surface area contributed by atoms with Crippen LogP contribution in [0.5, 0.6) is 0 Å². The molecule has 41 heavy (non-hydrogen) atoms. The number of rotatable bonds is 7. The molecule has 3 heterocycles. The molecule has 3 aliphatic rings. The Morgan fingerprint density at radius 1 is 0.902 bits per heavy atom. The maximum absolute atomic E-state index is 13.3. The Labute approximate surface area is 264 Å². The van der Waals surface area contributed by atoms with Crippen LogP contribution < -0.4 is 0 Å². The highest BCUT2D eigenvalue weighted by Gasteiger charge is 2.37. The predicted molar refractivity (Wildman–Crippen MR) is 168 cm³/mol. The molecule has 2 aliphatic heterocycles. The second kappa shape index (κ2) is 13.7. The summed E-state index contributed by atoms with van der Waals surface area (Å²) in [7, 11) is 0. The highest BCUT2D eigenvalue weighted by Crippen LogP contribution is 2.46. The van der Waals surface area contributed by atoms with Crippen LogP contribution in [0.2, 0.25) is 5.02 Å². The van der Waals surface area contributed by atoms with Gasteiger partial charge in [-0.1, -0.05) is 27.5 Å². The first-order chi connectivity index (χ1) is 19.7. The number of pyridine rings is 1. The lowest BCUT2D eigenvalue weighted by atomic mass is 9.76. The first-order valence-corrected chi connectivity index (χ1v) is 16.8. The second-order valence-electron chi connectivity index (χ2n) is 11.9. The molecule has 0 bridgehead atoms. The molecule has 1 atom stereocenters. The fourth-order valence-corrected chi connectivity index (χ4v) is 8.42. The van der Waals surface area contributed by atoms with Gasteiger partial charge in [0.15, 0.2) is 0 Å². The van der Waals surface area contributed by atoms with Gasteiger partial charge in [-0.3, -0.25) is 14.6 Å². The summed E-state index contributed by atoms with van der Waals surface area (Å²) in [6.07, 6.45) is 9.47. The van der Waals surface area contributed by atoms with E-state index >= 15 is 0 Å². The lowest BCUT2D eigenvalue weighted by molar-refractivity contribution is -0.135. The molecule has 0 radical (unpaired) electrons. The Morgan fingerprint density at radius 3 is 2.27 bits per heavy atom. The Balaban J connectivity index is 1.19. The van der Waals surface area contributed by atoms with Crippen molar-refractivity contribution >= 4 is 61.1 Å². The number of carbonyl (C=O) groups excluding carboxylic acids is 3. The molecule has 2 saturated heterocycles. The van der Waals surface area contributed by atoms with Gasteiger partial charge in [-0.15, -0.1) is 0 Å². The molecule has 1 aromatic heterocycles. The van der Waals surface area contributed by atoms with Gasteiger partial charge in [0.2, 0.25) is 11.8 Å². The average Bonchev–Trinajstić information content (AvgIpc) is 3.10. The summed E-state index contributed by atoms with van der Waals surface area (Å²) in [5.41, 5.74) is 5.02. The number of piperidine rings is 2. The van der Waals surface area contributed by atoms with E-state index in [0.717, 1.165) is 71.3 Å². The fraction of sp³-hybridized carbons (Fsp3) is 0.562. The number of benzene rings is 1. The van der Waals surface area contributed by atoms with E-state index < -0.39 is 0 Å². The van der Waals surface area contributed by atoms with Gasteiger partial charge in [0, 0.05) is 71.5 Å². The molecule has 220 valence electrons. The van der Waals surface area contributed by atoms with Gasteiger partial charge in [0.25, 0.3) is 0 Å². The number of hydrogen-bond donors (Lipinski definition) is 0. The topological polar surface area (TPSA) is 70.6 Å². The molecular weight excluding hydrogens is 670 g/mol. The zero-order valence-electron chi connectivity index (χ0n) is 23.6. The third kappa shape index (κ3) is 7.42. The minimum atomic E-state index is 0.130. The molecule has 0 saturated carbocycles. The fourth-order valence-electron chi connectivity index (χ4n) is 6.92. The van der Waals surface area contributed by atoms with Crippen LogP contribution >= 0.6 is 43.5 Å². The highest BCUT2D eigenvalue weighted by molar-refractivity contribution is 9.10. The minimum Gasteiger partial charge on any atom is -0.343 e. The van der Waals surface area contributed by atoms with Crippen molar-refractivity contribution in [1.82, 2.24) is 14.8 Å². The van der Waals surface area contributed by atoms with Gasteiger partial charge in [0.05, 0.1) is 5.69 Å². The number of amides is 2. The maximum atomic E-state index is 13.3. The first kappa shape index (κ1) is 30.7. The maximum Gasteiger partial charge on any atom is 0.222 e. The largest absolute Gasteiger partial charge is 0.343 e. The number of aromatic nitrogens is 1.